The third-order valence-electron chi connectivity index (χ3n) is 3.07. The van der Waals surface area contributed by atoms with Crippen LogP contribution in [-0.4, -0.2) is 5.78 Å². The second-order valence-corrected chi connectivity index (χ2v) is 7.53. The average molecular weight is 438 g/mol. The molecule has 3 aromatic rings. The second-order valence-electron chi connectivity index (χ2n) is 6.25. The Labute approximate surface area is 184 Å². The lowest BCUT2D eigenvalue weighted by Gasteiger charge is -1.90. The van der Waals surface area contributed by atoms with E-state index in [0.29, 0.717) is 0 Å². The summed E-state index contributed by atoms with van der Waals surface area (Å²) in [6, 6.07) is 23.3. The fourth-order valence-corrected chi connectivity index (χ4v) is 2.20. The molecule has 0 atom stereocenters. The Morgan fingerprint density at radius 3 is 1.50 bits per heavy atom. The molecule has 0 aromatic heterocycles. The van der Waals surface area contributed by atoms with Crippen LogP contribution in [0.1, 0.15) is 30.5 Å². The number of benzene rings is 3. The summed E-state index contributed by atoms with van der Waals surface area (Å²) < 4.78 is 0. The summed E-state index contributed by atoms with van der Waals surface area (Å²) in [7, 11) is 0. The van der Waals surface area contributed by atoms with Crippen LogP contribution in [0.3, 0.4) is 0 Å². The van der Waals surface area contributed by atoms with Gasteiger partial charge >= 0.3 is 0 Å². The molecular formula is C24H27Cl3O. The first-order valence-corrected chi connectivity index (χ1v) is 9.88. The molecule has 0 radical (unpaired) electrons. The van der Waals surface area contributed by atoms with Crippen LogP contribution in [0.2, 0.25) is 15.1 Å². The number of halogens is 3. The van der Waals surface area contributed by atoms with Gasteiger partial charge in [0.1, 0.15) is 5.78 Å². The molecule has 0 bridgehead atoms. The van der Waals surface area contributed by atoms with E-state index in [1.165, 1.54) is 25.0 Å². The van der Waals surface area contributed by atoms with Crippen LogP contribution in [0.25, 0.3) is 0 Å². The lowest BCUT2D eigenvalue weighted by atomic mass is 10.2. The van der Waals surface area contributed by atoms with Crippen LogP contribution in [0, 0.1) is 20.8 Å². The van der Waals surface area contributed by atoms with Crippen LogP contribution in [0.4, 0.5) is 0 Å². The monoisotopic (exact) mass is 436 g/mol. The fraction of sp³-hybridized carbons (Fsp3) is 0.208. The third kappa shape index (κ3) is 15.3. The van der Waals surface area contributed by atoms with Gasteiger partial charge in [-0.25, -0.2) is 0 Å². The maximum absolute atomic E-state index is 9.44. The molecule has 0 saturated heterocycles. The van der Waals surface area contributed by atoms with E-state index in [0.717, 1.165) is 20.6 Å². The Balaban J connectivity index is 0.000000358. The van der Waals surface area contributed by atoms with Crippen LogP contribution in [-0.2, 0) is 4.79 Å². The molecule has 28 heavy (non-hydrogen) atoms. The van der Waals surface area contributed by atoms with E-state index < -0.39 is 0 Å². The molecule has 3 rings (SSSR count). The summed E-state index contributed by atoms with van der Waals surface area (Å²) in [5, 5.41) is 2.45. The molecule has 150 valence electrons. The summed E-state index contributed by atoms with van der Waals surface area (Å²) in [6.45, 7) is 9.10. The van der Waals surface area contributed by atoms with Crippen molar-refractivity contribution in [2.24, 2.45) is 0 Å². The van der Waals surface area contributed by atoms with Crippen LogP contribution in [0.5, 0.6) is 0 Å². The van der Waals surface area contributed by atoms with E-state index >= 15 is 0 Å². The summed E-state index contributed by atoms with van der Waals surface area (Å²) in [4.78, 5) is 9.44. The first-order chi connectivity index (χ1) is 13.1. The van der Waals surface area contributed by atoms with Crippen molar-refractivity contribution in [2.75, 3.05) is 0 Å². The maximum Gasteiger partial charge on any atom is 0.126 e. The van der Waals surface area contributed by atoms with E-state index in [2.05, 4.69) is 0 Å². The number of hydrogen-bond donors (Lipinski definition) is 0. The Hall–Kier alpha value is -1.80. The highest BCUT2D eigenvalue weighted by Crippen LogP contribution is 2.12. The molecule has 0 aliphatic carbocycles. The van der Waals surface area contributed by atoms with Crippen LogP contribution < -0.4 is 0 Å². The van der Waals surface area contributed by atoms with Crippen LogP contribution >= 0.6 is 34.8 Å². The van der Waals surface area contributed by atoms with Crippen molar-refractivity contribution in [2.45, 2.75) is 34.6 Å². The minimum atomic E-state index is 0.167. The van der Waals surface area contributed by atoms with Gasteiger partial charge in [-0.3, -0.25) is 0 Å². The number of Topliss-reactive ketones (excluding diaryl/α,β-unsaturated/α-hetero) is 1. The topological polar surface area (TPSA) is 17.1 Å². The molecule has 0 aliphatic rings. The first-order valence-electron chi connectivity index (χ1n) is 8.74. The van der Waals surface area contributed by atoms with Gasteiger partial charge in [-0.15, -0.1) is 0 Å². The zero-order valence-corrected chi connectivity index (χ0v) is 19.2. The molecule has 0 saturated carbocycles. The molecule has 0 amide bonds. The van der Waals surface area contributed by atoms with E-state index in [9.17, 15) is 4.79 Å². The second kappa shape index (κ2) is 15.2. The molecule has 1 nitrogen and oxygen atoms in total. The molecule has 0 spiro atoms. The SMILES string of the molecule is CC(C)=O.Cc1ccc(Cl)cc1.Cc1cccc(Cl)c1.Cc1ccccc1Cl. The standard InChI is InChI=1S/3C7H7Cl.C3H6O/c1-6-2-4-7(8)5-3-6;1-6-3-2-4-7(8)5-6;1-6-4-2-3-5-7(6)8;1-3(2)4/h3*2-5H,1H3;1-2H3. The largest absolute Gasteiger partial charge is 0.300 e. The van der Waals surface area contributed by atoms with Gasteiger partial charge in [0.2, 0.25) is 0 Å². The lowest BCUT2D eigenvalue weighted by Crippen LogP contribution is -1.69. The number of carbonyl (C=O) groups is 1. The van der Waals surface area contributed by atoms with Crippen LogP contribution in [0.15, 0.2) is 72.8 Å². The lowest BCUT2D eigenvalue weighted by molar-refractivity contribution is -0.114. The molecular weight excluding hydrogens is 411 g/mol. The zero-order valence-electron chi connectivity index (χ0n) is 17.0. The predicted octanol–water partition coefficient (Wildman–Crippen LogP) is 8.54. The van der Waals surface area contributed by atoms with Crippen molar-refractivity contribution in [3.63, 3.8) is 0 Å². The van der Waals surface area contributed by atoms with Gasteiger partial charge in [-0.2, -0.15) is 0 Å². The van der Waals surface area contributed by atoms with E-state index in [-0.39, 0.29) is 5.78 Å². The minimum absolute atomic E-state index is 0.167. The van der Waals surface area contributed by atoms with Gasteiger partial charge in [-0.1, -0.05) is 82.8 Å². The molecule has 3 aromatic carbocycles. The van der Waals surface area contributed by atoms with Gasteiger partial charge in [0.05, 0.1) is 0 Å². The molecule has 0 heterocycles. The van der Waals surface area contributed by atoms with Crippen molar-refractivity contribution in [1.29, 1.82) is 0 Å². The first kappa shape index (κ1) is 26.2. The quantitative estimate of drug-likeness (QED) is 0.344. The van der Waals surface area contributed by atoms with Gasteiger partial charge in [0.25, 0.3) is 0 Å². The summed E-state index contributed by atoms with van der Waals surface area (Å²) in [5.74, 6) is 0.167. The summed E-state index contributed by atoms with van der Waals surface area (Å²) in [5.41, 5.74) is 3.58. The van der Waals surface area contributed by atoms with Crippen molar-refractivity contribution in [3.8, 4) is 0 Å². The summed E-state index contributed by atoms with van der Waals surface area (Å²) >= 11 is 17.0. The number of hydrogen-bond acceptors (Lipinski definition) is 1. The van der Waals surface area contributed by atoms with E-state index in [1.54, 1.807) is 0 Å². The predicted molar refractivity (Wildman–Crippen MR) is 125 cm³/mol. The number of rotatable bonds is 0. The Morgan fingerprint density at radius 1 is 0.643 bits per heavy atom. The van der Waals surface area contributed by atoms with Gasteiger partial charge < -0.3 is 4.79 Å². The molecule has 4 heteroatoms. The Morgan fingerprint density at radius 2 is 1.18 bits per heavy atom. The maximum atomic E-state index is 9.44. The van der Waals surface area contributed by atoms with Gasteiger partial charge in [0.15, 0.2) is 0 Å². The van der Waals surface area contributed by atoms with Gasteiger partial charge in [-0.05, 0) is 76.1 Å². The zero-order chi connectivity index (χ0) is 21.5. The number of ketones is 1. The highest BCUT2D eigenvalue weighted by atomic mass is 35.5. The molecule has 0 fully saturated rings. The van der Waals surface area contributed by atoms with E-state index in [1.807, 2.05) is 93.6 Å². The highest BCUT2D eigenvalue weighted by molar-refractivity contribution is 6.31. The van der Waals surface area contributed by atoms with Crippen molar-refractivity contribution in [1.82, 2.24) is 0 Å². The van der Waals surface area contributed by atoms with Crippen molar-refractivity contribution < 1.29 is 4.79 Å². The number of aryl methyl sites for hydroxylation is 3. The molecule has 0 N–H and O–H groups in total. The van der Waals surface area contributed by atoms with Crippen molar-refractivity contribution >= 4 is 40.6 Å². The Kier molecular flexibility index (Phi) is 14.2. The van der Waals surface area contributed by atoms with E-state index in [4.69, 9.17) is 34.8 Å². The smallest absolute Gasteiger partial charge is 0.126 e. The average Bonchev–Trinajstić information content (AvgIpc) is 2.61. The minimum Gasteiger partial charge on any atom is -0.300 e. The number of carbonyl (C=O) groups excluding carboxylic acids is 1. The third-order valence-corrected chi connectivity index (χ3v) is 3.98. The molecule has 0 unspecified atom stereocenters. The Bertz CT molecular complexity index is 764. The molecule has 0 aliphatic heterocycles. The highest BCUT2D eigenvalue weighted by Gasteiger charge is 1.86. The normalized spacial score (nSPS) is 8.86. The van der Waals surface area contributed by atoms with Gasteiger partial charge in [0, 0.05) is 15.1 Å². The van der Waals surface area contributed by atoms with Crippen molar-refractivity contribution in [3.05, 3.63) is 105 Å². The fourth-order valence-electron chi connectivity index (χ4n) is 1.69. The summed E-state index contributed by atoms with van der Waals surface area (Å²) in [6.07, 6.45) is 0.